The SMILES string of the molecule is O=C(Nc1cc(-c2ccn3ncnc3c2F)cc2c1[C@@H](c1cc(F)ccc1Cl)NC2=O)c1cc(F)cc(C(F)(F)F)c1. The molecule has 42 heavy (non-hydrogen) atoms. The fourth-order valence-electron chi connectivity index (χ4n) is 4.82. The third-order valence-corrected chi connectivity index (χ3v) is 7.04. The molecule has 7 nitrogen and oxygen atoms in total. The van der Waals surface area contributed by atoms with E-state index < -0.39 is 52.6 Å². The van der Waals surface area contributed by atoms with Crippen LogP contribution in [0, 0.1) is 17.5 Å². The van der Waals surface area contributed by atoms with Crippen LogP contribution in [0.5, 0.6) is 0 Å². The van der Waals surface area contributed by atoms with Crippen molar-refractivity contribution in [2.24, 2.45) is 0 Å². The van der Waals surface area contributed by atoms with Crippen molar-refractivity contribution in [3.05, 3.63) is 117 Å². The second-order valence-electron chi connectivity index (χ2n) is 9.31. The number of fused-ring (bicyclic) bond motifs is 2. The Kier molecular flexibility index (Phi) is 6.41. The Balaban J connectivity index is 1.53. The lowest BCUT2D eigenvalue weighted by Crippen LogP contribution is -2.21. The highest BCUT2D eigenvalue weighted by Crippen LogP contribution is 2.42. The van der Waals surface area contributed by atoms with Crippen molar-refractivity contribution >= 4 is 34.7 Å². The minimum absolute atomic E-state index is 0.0426. The maximum atomic E-state index is 15.4. The summed E-state index contributed by atoms with van der Waals surface area (Å²) in [5.74, 6) is -4.63. The first-order valence-corrected chi connectivity index (χ1v) is 12.4. The summed E-state index contributed by atoms with van der Waals surface area (Å²) >= 11 is 6.30. The molecule has 0 fully saturated rings. The van der Waals surface area contributed by atoms with E-state index in [1.165, 1.54) is 35.0 Å². The van der Waals surface area contributed by atoms with Gasteiger partial charge in [-0.1, -0.05) is 11.6 Å². The first kappa shape index (κ1) is 27.3. The Morgan fingerprint density at radius 3 is 2.52 bits per heavy atom. The van der Waals surface area contributed by atoms with Crippen LogP contribution in [0.2, 0.25) is 5.02 Å². The van der Waals surface area contributed by atoms with E-state index >= 15 is 4.39 Å². The number of nitrogens with one attached hydrogen (secondary N) is 2. The zero-order valence-corrected chi connectivity index (χ0v) is 21.5. The van der Waals surface area contributed by atoms with Gasteiger partial charge >= 0.3 is 6.18 Å². The van der Waals surface area contributed by atoms with Gasteiger partial charge in [0, 0.05) is 44.7 Å². The fourth-order valence-corrected chi connectivity index (χ4v) is 5.04. The highest BCUT2D eigenvalue weighted by molar-refractivity contribution is 6.31. The summed E-state index contributed by atoms with van der Waals surface area (Å²) in [7, 11) is 0. The van der Waals surface area contributed by atoms with Gasteiger partial charge in [0.2, 0.25) is 0 Å². The number of carbonyl (C=O) groups excluding carboxylic acids is 2. The van der Waals surface area contributed by atoms with Gasteiger partial charge in [-0.25, -0.2) is 22.7 Å². The number of halogens is 7. The number of amides is 2. The fraction of sp³-hybridized carbons (Fsp3) is 0.0714. The van der Waals surface area contributed by atoms with Crippen LogP contribution >= 0.6 is 11.6 Å². The molecule has 0 saturated carbocycles. The molecule has 0 saturated heterocycles. The predicted molar refractivity (Wildman–Crippen MR) is 138 cm³/mol. The lowest BCUT2D eigenvalue weighted by Gasteiger charge is -2.19. The number of benzene rings is 3. The Bertz CT molecular complexity index is 1940. The van der Waals surface area contributed by atoms with E-state index in [2.05, 4.69) is 20.7 Å². The van der Waals surface area contributed by atoms with Crippen LogP contribution in [0.25, 0.3) is 16.8 Å². The summed E-state index contributed by atoms with van der Waals surface area (Å²) in [5.41, 5.74) is -2.14. The number of pyridine rings is 1. The summed E-state index contributed by atoms with van der Waals surface area (Å²) in [5, 5.41) is 8.99. The third-order valence-electron chi connectivity index (χ3n) is 6.69. The van der Waals surface area contributed by atoms with Gasteiger partial charge in [0.15, 0.2) is 11.5 Å². The van der Waals surface area contributed by atoms with Crippen LogP contribution in [-0.2, 0) is 6.18 Å². The van der Waals surface area contributed by atoms with E-state index in [4.69, 9.17) is 11.6 Å². The van der Waals surface area contributed by atoms with Crippen LogP contribution in [-0.4, -0.2) is 26.4 Å². The van der Waals surface area contributed by atoms with Crippen LogP contribution < -0.4 is 10.6 Å². The number of alkyl halides is 3. The van der Waals surface area contributed by atoms with E-state index in [-0.39, 0.29) is 50.2 Å². The highest BCUT2D eigenvalue weighted by Gasteiger charge is 2.36. The molecule has 0 unspecified atom stereocenters. The van der Waals surface area contributed by atoms with E-state index in [9.17, 15) is 31.5 Å². The number of aromatic nitrogens is 3. The summed E-state index contributed by atoms with van der Waals surface area (Å²) in [6, 6.07) is 7.60. The second kappa shape index (κ2) is 9.87. The normalized spacial score (nSPS) is 14.6. The Morgan fingerprint density at radius 1 is 0.976 bits per heavy atom. The van der Waals surface area contributed by atoms with Crippen LogP contribution in [0.4, 0.5) is 32.0 Å². The topological polar surface area (TPSA) is 88.4 Å². The summed E-state index contributed by atoms with van der Waals surface area (Å²) in [6.45, 7) is 0. The average Bonchev–Trinajstić information content (AvgIpc) is 3.55. The maximum Gasteiger partial charge on any atom is 0.416 e. The van der Waals surface area contributed by atoms with Crippen molar-refractivity contribution in [3.63, 3.8) is 0 Å². The predicted octanol–water partition coefficient (Wildman–Crippen LogP) is 6.57. The van der Waals surface area contributed by atoms with E-state index in [1.807, 2.05) is 0 Å². The van der Waals surface area contributed by atoms with Crippen LogP contribution in [0.1, 0.15) is 43.4 Å². The molecule has 0 spiro atoms. The molecule has 2 aromatic heterocycles. The lowest BCUT2D eigenvalue weighted by atomic mass is 9.92. The molecular weight excluding hydrogens is 588 g/mol. The van der Waals surface area contributed by atoms with Gasteiger partial charge in [-0.15, -0.1) is 0 Å². The minimum atomic E-state index is -4.94. The van der Waals surface area contributed by atoms with Gasteiger partial charge < -0.3 is 10.6 Å². The van der Waals surface area contributed by atoms with Crippen LogP contribution in [0.15, 0.2) is 67.1 Å². The van der Waals surface area contributed by atoms with E-state index in [1.54, 1.807) is 0 Å². The van der Waals surface area contributed by atoms with Crippen molar-refractivity contribution in [2.75, 3.05) is 5.32 Å². The van der Waals surface area contributed by atoms with Gasteiger partial charge in [-0.2, -0.15) is 18.3 Å². The van der Waals surface area contributed by atoms with Crippen LogP contribution in [0.3, 0.4) is 0 Å². The number of hydrogen-bond donors (Lipinski definition) is 2. The summed E-state index contributed by atoms with van der Waals surface area (Å²) in [4.78, 5) is 30.2. The van der Waals surface area contributed by atoms with Gasteiger partial charge in [-0.3, -0.25) is 9.59 Å². The number of rotatable bonds is 4. The average molecular weight is 602 g/mol. The Labute approximate surface area is 236 Å². The van der Waals surface area contributed by atoms with Gasteiger partial charge in [-0.05, 0) is 60.2 Å². The lowest BCUT2D eigenvalue weighted by molar-refractivity contribution is -0.137. The Morgan fingerprint density at radius 2 is 1.76 bits per heavy atom. The molecule has 3 aromatic carbocycles. The molecule has 5 aromatic rings. The summed E-state index contributed by atoms with van der Waals surface area (Å²) < 4.78 is 84.8. The molecule has 6 rings (SSSR count). The van der Waals surface area contributed by atoms with Gasteiger partial charge in [0.05, 0.1) is 11.6 Å². The van der Waals surface area contributed by atoms with Crippen molar-refractivity contribution < 1.29 is 35.9 Å². The molecule has 2 N–H and O–H groups in total. The van der Waals surface area contributed by atoms with Gasteiger partial charge in [0.1, 0.15) is 18.0 Å². The summed E-state index contributed by atoms with van der Waals surface area (Å²) in [6.07, 6.45) is -2.40. The van der Waals surface area contributed by atoms with Gasteiger partial charge in [0.25, 0.3) is 11.8 Å². The molecule has 0 aliphatic carbocycles. The molecule has 3 heterocycles. The molecule has 1 aliphatic heterocycles. The molecular formula is C28H14ClF6N5O2. The largest absolute Gasteiger partial charge is 0.416 e. The third kappa shape index (κ3) is 4.71. The van der Waals surface area contributed by atoms with Crippen molar-refractivity contribution in [2.45, 2.75) is 12.2 Å². The van der Waals surface area contributed by atoms with E-state index in [0.29, 0.717) is 12.1 Å². The molecule has 2 amide bonds. The molecule has 0 bridgehead atoms. The Hall–Kier alpha value is -4.91. The molecule has 14 heteroatoms. The quantitative estimate of drug-likeness (QED) is 0.228. The number of carbonyl (C=O) groups is 2. The number of nitrogens with zero attached hydrogens (tertiary/aromatic N) is 3. The molecule has 1 aliphatic rings. The first-order valence-electron chi connectivity index (χ1n) is 12.0. The van der Waals surface area contributed by atoms with Crippen molar-refractivity contribution in [1.29, 1.82) is 0 Å². The minimum Gasteiger partial charge on any atom is -0.341 e. The number of hydrogen-bond acceptors (Lipinski definition) is 4. The first-order chi connectivity index (χ1) is 19.9. The molecule has 1 atom stereocenters. The highest BCUT2D eigenvalue weighted by atomic mass is 35.5. The number of anilines is 1. The second-order valence-corrected chi connectivity index (χ2v) is 9.72. The molecule has 0 radical (unpaired) electrons. The zero-order valence-electron chi connectivity index (χ0n) is 20.7. The molecule has 212 valence electrons. The van der Waals surface area contributed by atoms with Crippen molar-refractivity contribution in [1.82, 2.24) is 19.9 Å². The standard InChI is InChI=1S/C28H14ClF6N5O2/c29-20-2-1-15(30)10-18(20)24-22-19(27(42)39-24)7-12(17-3-4-40-25(23(17)32)36-11-37-40)8-21(22)38-26(41)13-5-14(28(33,34)35)9-16(31)6-13/h1-11,24H,(H,38,41)(H,39,42)/t24-/m1/s1. The van der Waals surface area contributed by atoms with E-state index in [0.717, 1.165) is 18.5 Å². The maximum absolute atomic E-state index is 15.4. The van der Waals surface area contributed by atoms with Crippen molar-refractivity contribution in [3.8, 4) is 11.1 Å². The zero-order chi connectivity index (χ0) is 29.9. The monoisotopic (exact) mass is 601 g/mol. The smallest absolute Gasteiger partial charge is 0.341 e.